The molecule has 0 radical (unpaired) electrons. The number of carbonyl (C=O) groups excluding carboxylic acids is 1. The molecule has 1 heterocycles. The summed E-state index contributed by atoms with van der Waals surface area (Å²) in [6, 6.07) is 12.3. The number of carbonyl (C=O) groups is 1. The van der Waals surface area contributed by atoms with E-state index in [9.17, 15) is 4.79 Å². The predicted molar refractivity (Wildman–Crippen MR) is 105 cm³/mol. The van der Waals surface area contributed by atoms with Gasteiger partial charge in [0, 0.05) is 35.9 Å². The van der Waals surface area contributed by atoms with Gasteiger partial charge in [-0.05, 0) is 49.6 Å². The lowest BCUT2D eigenvalue weighted by Crippen LogP contribution is -2.38. The van der Waals surface area contributed by atoms with Crippen LogP contribution in [-0.2, 0) is 17.9 Å². The molecule has 0 aliphatic rings. The maximum Gasteiger partial charge on any atom is 0.223 e. The Balaban J connectivity index is 2.14. The fourth-order valence-corrected chi connectivity index (χ4v) is 3.15. The topological polar surface area (TPSA) is 25.2 Å². The summed E-state index contributed by atoms with van der Waals surface area (Å²) in [5.41, 5.74) is 2.32. The van der Waals surface area contributed by atoms with Crippen LogP contribution in [0.3, 0.4) is 0 Å². The number of unbranched alkanes of at least 4 members (excludes halogenated alkanes) is 1. The molecule has 136 valence electrons. The minimum Gasteiger partial charge on any atom is -0.345 e. The van der Waals surface area contributed by atoms with E-state index in [1.165, 1.54) is 0 Å². The van der Waals surface area contributed by atoms with Gasteiger partial charge < -0.3 is 9.47 Å². The molecule has 0 saturated heterocycles. The van der Waals surface area contributed by atoms with E-state index in [2.05, 4.69) is 43.7 Å². The Morgan fingerprint density at radius 2 is 2.04 bits per heavy atom. The highest BCUT2D eigenvalue weighted by Gasteiger charge is 2.20. The molecule has 0 aliphatic carbocycles. The van der Waals surface area contributed by atoms with E-state index >= 15 is 0 Å². The van der Waals surface area contributed by atoms with Crippen LogP contribution >= 0.6 is 11.6 Å². The van der Waals surface area contributed by atoms with Gasteiger partial charge in [0.25, 0.3) is 0 Å². The van der Waals surface area contributed by atoms with E-state index in [1.54, 1.807) is 0 Å². The summed E-state index contributed by atoms with van der Waals surface area (Å²) in [5, 5.41) is 0.752. The SMILES string of the molecule is CCCCC(=O)N(Cc1cccn1Cc1cccc(Cl)c1)C(C)CC. The van der Waals surface area contributed by atoms with Crippen molar-refractivity contribution >= 4 is 17.5 Å². The van der Waals surface area contributed by atoms with Gasteiger partial charge in [0.1, 0.15) is 0 Å². The molecule has 0 N–H and O–H groups in total. The van der Waals surface area contributed by atoms with Crippen molar-refractivity contribution in [3.63, 3.8) is 0 Å². The van der Waals surface area contributed by atoms with E-state index in [1.807, 2.05) is 29.2 Å². The number of rotatable bonds is 9. The zero-order valence-corrected chi connectivity index (χ0v) is 16.3. The van der Waals surface area contributed by atoms with Crippen LogP contribution in [0.2, 0.25) is 5.02 Å². The normalized spacial score (nSPS) is 12.2. The number of hydrogen-bond acceptors (Lipinski definition) is 1. The number of nitrogens with zero attached hydrogens (tertiary/aromatic N) is 2. The van der Waals surface area contributed by atoms with Gasteiger partial charge in [-0.2, -0.15) is 0 Å². The Bertz CT molecular complexity index is 680. The van der Waals surface area contributed by atoms with Crippen molar-refractivity contribution in [2.45, 2.75) is 65.6 Å². The Kier molecular flexibility index (Phi) is 7.57. The standard InChI is InChI=1S/C21H29ClN2O/c1-4-6-12-21(25)24(17(3)5-2)16-20-11-8-13-23(20)15-18-9-7-10-19(22)14-18/h7-11,13-14,17H,4-6,12,15-16H2,1-3H3. The average molecular weight is 361 g/mol. The van der Waals surface area contributed by atoms with Crippen LogP contribution in [-0.4, -0.2) is 21.4 Å². The predicted octanol–water partition coefficient (Wildman–Crippen LogP) is 5.51. The van der Waals surface area contributed by atoms with Crippen molar-refractivity contribution in [2.24, 2.45) is 0 Å². The van der Waals surface area contributed by atoms with Crippen molar-refractivity contribution in [1.29, 1.82) is 0 Å². The maximum absolute atomic E-state index is 12.6. The van der Waals surface area contributed by atoms with Gasteiger partial charge in [0.05, 0.1) is 6.54 Å². The van der Waals surface area contributed by atoms with Crippen LogP contribution in [0.1, 0.15) is 57.7 Å². The molecule has 1 unspecified atom stereocenters. The molecule has 1 amide bonds. The molecule has 1 atom stereocenters. The average Bonchev–Trinajstić information content (AvgIpc) is 3.03. The molecule has 1 aromatic carbocycles. The minimum absolute atomic E-state index is 0.249. The van der Waals surface area contributed by atoms with Crippen LogP contribution in [0.15, 0.2) is 42.6 Å². The zero-order chi connectivity index (χ0) is 18.2. The molecule has 0 saturated carbocycles. The van der Waals surface area contributed by atoms with Gasteiger partial charge in [-0.25, -0.2) is 0 Å². The molecule has 0 spiro atoms. The summed E-state index contributed by atoms with van der Waals surface area (Å²) >= 11 is 6.10. The monoisotopic (exact) mass is 360 g/mol. The van der Waals surface area contributed by atoms with Crippen molar-refractivity contribution in [2.75, 3.05) is 0 Å². The second kappa shape index (κ2) is 9.67. The first-order chi connectivity index (χ1) is 12.0. The van der Waals surface area contributed by atoms with Crippen LogP contribution in [0.25, 0.3) is 0 Å². The highest BCUT2D eigenvalue weighted by molar-refractivity contribution is 6.30. The van der Waals surface area contributed by atoms with E-state index < -0.39 is 0 Å². The molecule has 4 heteroatoms. The highest BCUT2D eigenvalue weighted by Crippen LogP contribution is 2.17. The van der Waals surface area contributed by atoms with Crippen LogP contribution < -0.4 is 0 Å². The van der Waals surface area contributed by atoms with Gasteiger partial charge in [0.2, 0.25) is 5.91 Å². The van der Waals surface area contributed by atoms with Crippen LogP contribution in [0.5, 0.6) is 0 Å². The van der Waals surface area contributed by atoms with Gasteiger partial charge in [-0.3, -0.25) is 4.79 Å². The fourth-order valence-electron chi connectivity index (χ4n) is 2.94. The third kappa shape index (κ3) is 5.64. The zero-order valence-electron chi connectivity index (χ0n) is 15.5. The second-order valence-corrected chi connectivity index (χ2v) is 7.08. The third-order valence-corrected chi connectivity index (χ3v) is 4.92. The van der Waals surface area contributed by atoms with Gasteiger partial charge >= 0.3 is 0 Å². The first-order valence-electron chi connectivity index (χ1n) is 9.23. The van der Waals surface area contributed by atoms with E-state index in [0.29, 0.717) is 13.0 Å². The Morgan fingerprint density at radius 3 is 2.72 bits per heavy atom. The molecule has 1 aromatic heterocycles. The smallest absolute Gasteiger partial charge is 0.223 e. The molecule has 25 heavy (non-hydrogen) atoms. The summed E-state index contributed by atoms with van der Waals surface area (Å²) in [7, 11) is 0. The molecular weight excluding hydrogens is 332 g/mol. The Hall–Kier alpha value is -1.74. The van der Waals surface area contributed by atoms with Crippen molar-refractivity contribution in [3.05, 3.63) is 58.9 Å². The maximum atomic E-state index is 12.6. The number of benzene rings is 1. The first kappa shape index (κ1) is 19.6. The second-order valence-electron chi connectivity index (χ2n) is 6.64. The van der Waals surface area contributed by atoms with Gasteiger partial charge in [0.15, 0.2) is 0 Å². The van der Waals surface area contributed by atoms with Gasteiger partial charge in [-0.1, -0.05) is 44.0 Å². The van der Waals surface area contributed by atoms with Crippen molar-refractivity contribution in [3.8, 4) is 0 Å². The molecule has 0 fully saturated rings. The van der Waals surface area contributed by atoms with Gasteiger partial charge in [-0.15, -0.1) is 0 Å². The quantitative estimate of drug-likeness (QED) is 0.579. The number of hydrogen-bond donors (Lipinski definition) is 0. The summed E-state index contributed by atoms with van der Waals surface area (Å²) in [4.78, 5) is 14.7. The molecule has 2 aromatic rings. The lowest BCUT2D eigenvalue weighted by atomic mass is 10.1. The summed E-state index contributed by atoms with van der Waals surface area (Å²) < 4.78 is 2.20. The Labute approximate surface area is 156 Å². The van der Waals surface area contributed by atoms with Crippen molar-refractivity contribution in [1.82, 2.24) is 9.47 Å². The van der Waals surface area contributed by atoms with Crippen molar-refractivity contribution < 1.29 is 4.79 Å². The largest absolute Gasteiger partial charge is 0.345 e. The molecule has 3 nitrogen and oxygen atoms in total. The molecule has 0 aliphatic heterocycles. The summed E-state index contributed by atoms with van der Waals surface area (Å²) in [6.07, 6.45) is 5.67. The third-order valence-electron chi connectivity index (χ3n) is 4.69. The highest BCUT2D eigenvalue weighted by atomic mass is 35.5. The molecular formula is C21H29ClN2O. The molecule has 0 bridgehead atoms. The summed E-state index contributed by atoms with van der Waals surface area (Å²) in [5.74, 6) is 0.256. The number of amides is 1. The molecule has 2 rings (SSSR count). The number of halogens is 1. The lowest BCUT2D eigenvalue weighted by Gasteiger charge is -2.29. The van der Waals surface area contributed by atoms with E-state index in [-0.39, 0.29) is 11.9 Å². The summed E-state index contributed by atoms with van der Waals surface area (Å²) in [6.45, 7) is 7.81. The van der Waals surface area contributed by atoms with Crippen LogP contribution in [0, 0.1) is 0 Å². The lowest BCUT2D eigenvalue weighted by molar-refractivity contribution is -0.134. The first-order valence-corrected chi connectivity index (χ1v) is 9.60. The van der Waals surface area contributed by atoms with Crippen LogP contribution in [0.4, 0.5) is 0 Å². The number of aromatic nitrogens is 1. The van der Waals surface area contributed by atoms with E-state index in [4.69, 9.17) is 11.6 Å². The Morgan fingerprint density at radius 1 is 1.24 bits per heavy atom. The fraction of sp³-hybridized carbons (Fsp3) is 0.476. The minimum atomic E-state index is 0.249. The van der Waals surface area contributed by atoms with E-state index in [0.717, 1.165) is 42.1 Å².